The van der Waals surface area contributed by atoms with Gasteiger partial charge >= 0.3 is 0 Å². The van der Waals surface area contributed by atoms with E-state index in [0.717, 1.165) is 11.4 Å². The second kappa shape index (κ2) is 8.80. The summed E-state index contributed by atoms with van der Waals surface area (Å²) in [4.78, 5) is 13.9. The summed E-state index contributed by atoms with van der Waals surface area (Å²) in [6, 6.07) is 16.2. The standard InChI is InChI=1S/C18H20F2N2OS/c1-13(22(2)12-14-6-4-3-5-7-14)17(23)21-15-8-10-16(11-9-15)24-18(19)20/h3-11,13,18H,12H2,1-2H3,(H,21,23)/p+1/t13-/m1/s1. The van der Waals surface area contributed by atoms with E-state index >= 15 is 0 Å². The fraction of sp³-hybridized carbons (Fsp3) is 0.278. The van der Waals surface area contributed by atoms with E-state index in [9.17, 15) is 13.6 Å². The Bertz CT molecular complexity index is 650. The number of anilines is 1. The first-order valence-corrected chi connectivity index (χ1v) is 8.55. The smallest absolute Gasteiger partial charge is 0.288 e. The number of halogens is 2. The van der Waals surface area contributed by atoms with Gasteiger partial charge in [0.2, 0.25) is 0 Å². The maximum atomic E-state index is 12.3. The highest BCUT2D eigenvalue weighted by atomic mass is 32.2. The Hall–Kier alpha value is -1.92. The highest BCUT2D eigenvalue weighted by molar-refractivity contribution is 7.99. The summed E-state index contributed by atoms with van der Waals surface area (Å²) in [6.45, 7) is 2.62. The number of hydrogen-bond donors (Lipinski definition) is 2. The minimum Gasteiger partial charge on any atom is -0.324 e. The Kier molecular flexibility index (Phi) is 6.75. The number of benzene rings is 2. The monoisotopic (exact) mass is 351 g/mol. The summed E-state index contributed by atoms with van der Waals surface area (Å²) in [5.74, 6) is -2.54. The van der Waals surface area contributed by atoms with Crippen LogP contribution >= 0.6 is 11.8 Å². The molecule has 2 aromatic rings. The maximum absolute atomic E-state index is 12.3. The molecule has 0 saturated carbocycles. The molecule has 0 aliphatic carbocycles. The van der Waals surface area contributed by atoms with Gasteiger partial charge in [-0.3, -0.25) is 4.79 Å². The first-order valence-electron chi connectivity index (χ1n) is 7.67. The highest BCUT2D eigenvalue weighted by Gasteiger charge is 2.22. The molecule has 1 amide bonds. The number of alkyl halides is 2. The van der Waals surface area contributed by atoms with Gasteiger partial charge in [0.1, 0.15) is 6.54 Å². The summed E-state index contributed by atoms with van der Waals surface area (Å²) in [7, 11) is 1.97. The van der Waals surface area contributed by atoms with Crippen molar-refractivity contribution in [1.82, 2.24) is 0 Å². The molecule has 0 heterocycles. The number of carbonyl (C=O) groups excluding carboxylic acids is 1. The van der Waals surface area contributed by atoms with Crippen LogP contribution in [-0.2, 0) is 11.3 Å². The first kappa shape index (κ1) is 18.4. The van der Waals surface area contributed by atoms with Gasteiger partial charge in [-0.2, -0.15) is 8.78 Å². The van der Waals surface area contributed by atoms with Crippen molar-refractivity contribution in [1.29, 1.82) is 0 Å². The third-order valence-corrected chi connectivity index (χ3v) is 4.53. The summed E-state index contributed by atoms with van der Waals surface area (Å²) in [6.07, 6.45) is 0. The Morgan fingerprint density at radius 2 is 1.75 bits per heavy atom. The van der Waals surface area contributed by atoms with E-state index < -0.39 is 5.76 Å². The summed E-state index contributed by atoms with van der Waals surface area (Å²) in [5.41, 5.74) is 1.78. The van der Waals surface area contributed by atoms with Crippen molar-refractivity contribution in [2.24, 2.45) is 0 Å². The van der Waals surface area contributed by atoms with Crippen LogP contribution in [0.1, 0.15) is 12.5 Å². The molecular formula is C18H21F2N2OS+. The van der Waals surface area contributed by atoms with Crippen molar-refractivity contribution in [3.63, 3.8) is 0 Å². The molecule has 2 rings (SSSR count). The largest absolute Gasteiger partial charge is 0.324 e. The van der Waals surface area contributed by atoms with Gasteiger partial charge in [0.15, 0.2) is 6.04 Å². The molecule has 0 aliphatic heterocycles. The van der Waals surface area contributed by atoms with Crippen molar-refractivity contribution in [2.75, 3.05) is 12.4 Å². The molecular weight excluding hydrogens is 330 g/mol. The lowest BCUT2D eigenvalue weighted by Crippen LogP contribution is -3.12. The van der Waals surface area contributed by atoms with Gasteiger partial charge in [0.25, 0.3) is 11.7 Å². The van der Waals surface area contributed by atoms with E-state index in [-0.39, 0.29) is 11.9 Å². The molecule has 0 radical (unpaired) electrons. The van der Waals surface area contributed by atoms with E-state index in [1.807, 2.05) is 44.3 Å². The Morgan fingerprint density at radius 3 is 2.33 bits per heavy atom. The highest BCUT2D eigenvalue weighted by Crippen LogP contribution is 2.26. The van der Waals surface area contributed by atoms with Gasteiger partial charge in [-0.25, -0.2) is 0 Å². The molecule has 24 heavy (non-hydrogen) atoms. The van der Waals surface area contributed by atoms with Gasteiger partial charge < -0.3 is 10.2 Å². The lowest BCUT2D eigenvalue weighted by molar-refractivity contribution is -0.907. The molecule has 2 aromatic carbocycles. The van der Waals surface area contributed by atoms with Crippen LogP contribution < -0.4 is 10.2 Å². The normalized spacial score (nSPS) is 13.5. The van der Waals surface area contributed by atoms with Crippen LogP contribution in [0.25, 0.3) is 0 Å². The maximum Gasteiger partial charge on any atom is 0.288 e. The number of thioether (sulfide) groups is 1. The zero-order valence-corrected chi connectivity index (χ0v) is 14.4. The Labute approximate surface area is 145 Å². The summed E-state index contributed by atoms with van der Waals surface area (Å²) >= 11 is 0.488. The molecule has 0 fully saturated rings. The zero-order chi connectivity index (χ0) is 17.5. The molecule has 2 N–H and O–H groups in total. The fourth-order valence-corrected chi connectivity index (χ4v) is 2.76. The van der Waals surface area contributed by atoms with E-state index in [1.54, 1.807) is 24.3 Å². The summed E-state index contributed by atoms with van der Waals surface area (Å²) in [5, 5.41) is 2.83. The third-order valence-electron chi connectivity index (χ3n) is 3.81. The van der Waals surface area contributed by atoms with Crippen molar-refractivity contribution in [3.8, 4) is 0 Å². The van der Waals surface area contributed by atoms with Gasteiger partial charge in [-0.1, -0.05) is 42.1 Å². The van der Waals surface area contributed by atoms with Crippen LogP contribution in [0.2, 0.25) is 0 Å². The van der Waals surface area contributed by atoms with Gasteiger partial charge in [0.05, 0.1) is 7.05 Å². The quantitative estimate of drug-likeness (QED) is 0.752. The van der Waals surface area contributed by atoms with Crippen molar-refractivity contribution in [2.45, 2.75) is 30.2 Å². The molecule has 3 nitrogen and oxygen atoms in total. The van der Waals surface area contributed by atoms with Crippen molar-refractivity contribution >= 4 is 23.4 Å². The Balaban J connectivity index is 1.91. The molecule has 2 atom stereocenters. The topological polar surface area (TPSA) is 33.5 Å². The van der Waals surface area contributed by atoms with Crippen LogP contribution in [0, 0.1) is 0 Å². The van der Waals surface area contributed by atoms with Gasteiger partial charge in [0, 0.05) is 16.1 Å². The molecule has 0 saturated heterocycles. The fourth-order valence-electron chi connectivity index (χ4n) is 2.26. The van der Waals surface area contributed by atoms with Gasteiger partial charge in [-0.15, -0.1) is 0 Å². The average Bonchev–Trinajstić information content (AvgIpc) is 2.56. The van der Waals surface area contributed by atoms with Crippen molar-refractivity contribution < 1.29 is 18.5 Å². The Morgan fingerprint density at radius 1 is 1.12 bits per heavy atom. The molecule has 0 aliphatic rings. The predicted molar refractivity (Wildman–Crippen MR) is 93.4 cm³/mol. The number of carbonyl (C=O) groups is 1. The number of likely N-dealkylation sites (N-methyl/N-ethyl adjacent to an activating group) is 1. The number of rotatable bonds is 7. The van der Waals surface area contributed by atoms with Crippen LogP contribution in [0.4, 0.5) is 14.5 Å². The first-order chi connectivity index (χ1) is 11.5. The van der Waals surface area contributed by atoms with Gasteiger partial charge in [-0.05, 0) is 31.2 Å². The third kappa shape index (κ3) is 5.62. The lowest BCUT2D eigenvalue weighted by atomic mass is 10.2. The lowest BCUT2D eigenvalue weighted by Gasteiger charge is -2.21. The van der Waals surface area contributed by atoms with E-state index in [2.05, 4.69) is 5.32 Å². The molecule has 6 heteroatoms. The predicted octanol–water partition coefficient (Wildman–Crippen LogP) is 3.04. The second-order valence-corrected chi connectivity index (χ2v) is 6.69. The number of quaternary nitrogens is 1. The molecule has 0 spiro atoms. The van der Waals surface area contributed by atoms with Crippen LogP contribution in [-0.4, -0.2) is 24.8 Å². The summed E-state index contributed by atoms with van der Waals surface area (Å²) < 4.78 is 24.6. The second-order valence-electron chi connectivity index (χ2n) is 5.62. The van der Waals surface area contributed by atoms with E-state index in [4.69, 9.17) is 0 Å². The van der Waals surface area contributed by atoms with E-state index in [1.165, 1.54) is 5.56 Å². The molecule has 0 aromatic heterocycles. The van der Waals surface area contributed by atoms with Crippen LogP contribution in [0.5, 0.6) is 0 Å². The number of nitrogens with one attached hydrogen (secondary N) is 2. The zero-order valence-electron chi connectivity index (χ0n) is 13.6. The van der Waals surface area contributed by atoms with Crippen molar-refractivity contribution in [3.05, 3.63) is 60.2 Å². The molecule has 128 valence electrons. The SMILES string of the molecule is C[C@H](C(=O)Nc1ccc(SC(F)F)cc1)[NH+](C)Cc1ccccc1. The van der Waals surface area contributed by atoms with Crippen LogP contribution in [0.3, 0.4) is 0 Å². The molecule has 1 unspecified atom stereocenters. The number of hydrogen-bond acceptors (Lipinski definition) is 2. The minimum absolute atomic E-state index is 0.0994. The van der Waals surface area contributed by atoms with E-state index in [0.29, 0.717) is 22.3 Å². The van der Waals surface area contributed by atoms with Crippen LogP contribution in [0.15, 0.2) is 59.5 Å². The molecule has 0 bridgehead atoms. The average molecular weight is 351 g/mol. The number of amides is 1. The minimum atomic E-state index is -2.44.